The normalized spacial score (nSPS) is 11.6. The molecule has 21 heavy (non-hydrogen) atoms. The molecule has 0 heterocycles. The van der Waals surface area contributed by atoms with Crippen molar-refractivity contribution < 1.29 is 12.8 Å². The second-order valence-corrected chi connectivity index (χ2v) is 6.35. The van der Waals surface area contributed by atoms with Crippen LogP contribution in [0.2, 0.25) is 0 Å². The average molecular weight is 312 g/mol. The van der Waals surface area contributed by atoms with Gasteiger partial charge in [-0.1, -0.05) is 25.1 Å². The van der Waals surface area contributed by atoms with Crippen LogP contribution in [0.4, 0.5) is 4.39 Å². The first-order chi connectivity index (χ1) is 9.97. The van der Waals surface area contributed by atoms with Gasteiger partial charge in [0.05, 0.1) is 0 Å². The van der Waals surface area contributed by atoms with E-state index in [2.05, 4.69) is 18.5 Å². The minimum atomic E-state index is -3.90. The molecule has 6 heteroatoms. The van der Waals surface area contributed by atoms with Crippen molar-refractivity contribution in [2.45, 2.75) is 18.4 Å². The lowest BCUT2D eigenvalue weighted by Crippen LogP contribution is -2.32. The Morgan fingerprint density at radius 2 is 1.90 bits per heavy atom. The van der Waals surface area contributed by atoms with E-state index in [1.807, 2.05) is 6.92 Å². The van der Waals surface area contributed by atoms with Gasteiger partial charge in [0.1, 0.15) is 10.7 Å². The Hall–Kier alpha value is -1.50. The Morgan fingerprint density at radius 3 is 2.38 bits per heavy atom. The number of halogens is 1. The largest absolute Gasteiger partial charge is 0.313 e. The Kier molecular flexibility index (Phi) is 6.74. The number of hydrogen-bond acceptors (Lipinski definition) is 3. The van der Waals surface area contributed by atoms with Gasteiger partial charge in [-0.25, -0.2) is 12.8 Å². The van der Waals surface area contributed by atoms with Gasteiger partial charge in [-0.3, -0.25) is 0 Å². The van der Waals surface area contributed by atoms with Gasteiger partial charge in [0.2, 0.25) is 10.0 Å². The fourth-order valence-electron chi connectivity index (χ4n) is 1.83. The maximum absolute atomic E-state index is 14.1. The topological polar surface area (TPSA) is 49.4 Å². The molecule has 0 amide bonds. The molecule has 116 valence electrons. The second kappa shape index (κ2) is 8.07. The lowest BCUT2D eigenvalue weighted by Gasteiger charge is -2.19. The van der Waals surface area contributed by atoms with Crippen LogP contribution in [0.3, 0.4) is 0 Å². The minimum Gasteiger partial charge on any atom is -0.313 e. The maximum atomic E-state index is 14.1. The number of benzene rings is 1. The summed E-state index contributed by atoms with van der Waals surface area (Å²) in [5.41, 5.74) is 0.701. The Bertz CT molecular complexity index is 590. The molecular weight excluding hydrogens is 291 g/mol. The van der Waals surface area contributed by atoms with Crippen LogP contribution in [-0.4, -0.2) is 32.4 Å². The molecule has 4 nitrogen and oxygen atoms in total. The van der Waals surface area contributed by atoms with Crippen molar-refractivity contribution in [3.05, 3.63) is 54.9 Å². The number of nitrogens with zero attached hydrogens (tertiary/aromatic N) is 1. The molecule has 0 fully saturated rings. The standard InChI is InChI=1S/C15H21FN2O2S/c1-4-9-18(10-5-2)21(19,20)15-8-7-13(11-14(15)16)12-17-6-3/h4-5,7-8,11,17H,1-2,6,9-10,12H2,3H3. The summed E-state index contributed by atoms with van der Waals surface area (Å²) >= 11 is 0. The molecule has 0 aliphatic rings. The summed E-state index contributed by atoms with van der Waals surface area (Å²) in [6.07, 6.45) is 2.91. The van der Waals surface area contributed by atoms with Gasteiger partial charge in [0.15, 0.2) is 0 Å². The summed E-state index contributed by atoms with van der Waals surface area (Å²) in [7, 11) is -3.90. The van der Waals surface area contributed by atoms with E-state index in [0.717, 1.165) is 10.8 Å². The minimum absolute atomic E-state index is 0.104. The van der Waals surface area contributed by atoms with Gasteiger partial charge >= 0.3 is 0 Å². The first kappa shape index (κ1) is 17.6. The molecule has 0 spiro atoms. The molecule has 0 atom stereocenters. The third kappa shape index (κ3) is 4.49. The summed E-state index contributed by atoms with van der Waals surface area (Å²) < 4.78 is 40.1. The molecular formula is C15H21FN2O2S. The van der Waals surface area contributed by atoms with Crippen molar-refractivity contribution >= 4 is 10.0 Å². The van der Waals surface area contributed by atoms with Gasteiger partial charge in [-0.15, -0.1) is 13.2 Å². The summed E-state index contributed by atoms with van der Waals surface area (Å²) in [4.78, 5) is -0.327. The van der Waals surface area contributed by atoms with Crippen molar-refractivity contribution in [2.24, 2.45) is 0 Å². The van der Waals surface area contributed by atoms with Crippen LogP contribution in [0, 0.1) is 5.82 Å². The van der Waals surface area contributed by atoms with Gasteiger partial charge < -0.3 is 5.32 Å². The van der Waals surface area contributed by atoms with Crippen LogP contribution >= 0.6 is 0 Å². The predicted octanol–water partition coefficient (Wildman–Crippen LogP) is 2.30. The number of nitrogens with one attached hydrogen (secondary N) is 1. The molecule has 0 bridgehead atoms. The van der Waals surface area contributed by atoms with Crippen molar-refractivity contribution in [1.82, 2.24) is 9.62 Å². The van der Waals surface area contributed by atoms with Gasteiger partial charge in [-0.2, -0.15) is 4.31 Å². The van der Waals surface area contributed by atoms with E-state index in [1.165, 1.54) is 24.3 Å². The molecule has 1 rings (SSSR count). The van der Waals surface area contributed by atoms with E-state index in [1.54, 1.807) is 6.07 Å². The number of hydrogen-bond donors (Lipinski definition) is 1. The summed E-state index contributed by atoms with van der Waals surface area (Å²) in [5, 5.41) is 3.06. The lowest BCUT2D eigenvalue weighted by atomic mass is 10.2. The molecule has 1 aromatic rings. The van der Waals surface area contributed by atoms with Crippen molar-refractivity contribution in [3.8, 4) is 0 Å². The van der Waals surface area contributed by atoms with E-state index in [0.29, 0.717) is 12.1 Å². The molecule has 1 aromatic carbocycles. The molecule has 0 saturated carbocycles. The zero-order valence-electron chi connectivity index (χ0n) is 12.2. The summed E-state index contributed by atoms with van der Waals surface area (Å²) in [6.45, 7) is 10.4. The van der Waals surface area contributed by atoms with Crippen LogP contribution < -0.4 is 5.32 Å². The summed E-state index contributed by atoms with van der Waals surface area (Å²) in [5.74, 6) is -0.747. The lowest BCUT2D eigenvalue weighted by molar-refractivity contribution is 0.466. The van der Waals surface area contributed by atoms with E-state index in [4.69, 9.17) is 0 Å². The first-order valence-electron chi connectivity index (χ1n) is 6.68. The maximum Gasteiger partial charge on any atom is 0.246 e. The zero-order valence-corrected chi connectivity index (χ0v) is 13.0. The smallest absolute Gasteiger partial charge is 0.246 e. The first-order valence-corrected chi connectivity index (χ1v) is 8.12. The quantitative estimate of drug-likeness (QED) is 0.712. The number of sulfonamides is 1. The Balaban J connectivity index is 3.12. The zero-order chi connectivity index (χ0) is 15.9. The van der Waals surface area contributed by atoms with Gasteiger partial charge in [-0.05, 0) is 24.2 Å². The third-order valence-corrected chi connectivity index (χ3v) is 4.72. The van der Waals surface area contributed by atoms with Crippen LogP contribution in [0.1, 0.15) is 12.5 Å². The van der Waals surface area contributed by atoms with Crippen LogP contribution in [0.25, 0.3) is 0 Å². The van der Waals surface area contributed by atoms with Crippen molar-refractivity contribution in [3.63, 3.8) is 0 Å². The molecule has 0 aromatic heterocycles. The molecule has 0 radical (unpaired) electrons. The Labute approximate surface area is 126 Å². The van der Waals surface area contributed by atoms with Crippen LogP contribution in [0.5, 0.6) is 0 Å². The highest BCUT2D eigenvalue weighted by atomic mass is 32.2. The van der Waals surface area contributed by atoms with E-state index < -0.39 is 15.8 Å². The fraction of sp³-hybridized carbons (Fsp3) is 0.333. The summed E-state index contributed by atoms with van der Waals surface area (Å²) in [6, 6.07) is 4.16. The predicted molar refractivity (Wildman–Crippen MR) is 82.9 cm³/mol. The molecule has 0 aliphatic carbocycles. The van der Waals surface area contributed by atoms with Gasteiger partial charge in [0.25, 0.3) is 0 Å². The third-order valence-electron chi connectivity index (χ3n) is 2.86. The van der Waals surface area contributed by atoms with Crippen LogP contribution in [0.15, 0.2) is 48.4 Å². The van der Waals surface area contributed by atoms with E-state index in [-0.39, 0.29) is 18.0 Å². The molecule has 1 N–H and O–H groups in total. The van der Waals surface area contributed by atoms with E-state index in [9.17, 15) is 12.8 Å². The Morgan fingerprint density at radius 1 is 1.29 bits per heavy atom. The highest BCUT2D eigenvalue weighted by molar-refractivity contribution is 7.89. The van der Waals surface area contributed by atoms with Crippen molar-refractivity contribution in [2.75, 3.05) is 19.6 Å². The molecule has 0 aliphatic heterocycles. The second-order valence-electron chi connectivity index (χ2n) is 4.44. The highest BCUT2D eigenvalue weighted by Gasteiger charge is 2.25. The van der Waals surface area contributed by atoms with Crippen LogP contribution in [-0.2, 0) is 16.6 Å². The van der Waals surface area contributed by atoms with E-state index >= 15 is 0 Å². The molecule has 0 saturated heterocycles. The van der Waals surface area contributed by atoms with Gasteiger partial charge in [0, 0.05) is 19.6 Å². The highest BCUT2D eigenvalue weighted by Crippen LogP contribution is 2.20. The molecule has 0 unspecified atom stereocenters. The SMILES string of the molecule is C=CCN(CC=C)S(=O)(=O)c1ccc(CNCC)cc1F. The monoisotopic (exact) mass is 312 g/mol. The van der Waals surface area contributed by atoms with Crippen molar-refractivity contribution in [1.29, 1.82) is 0 Å². The average Bonchev–Trinajstić information content (AvgIpc) is 2.44. The fourth-order valence-corrected chi connectivity index (χ4v) is 3.26. The number of rotatable bonds is 9.